The lowest BCUT2D eigenvalue weighted by molar-refractivity contribution is 0.102. The third kappa shape index (κ3) is 5.27. The number of nitrogens with one attached hydrogen (secondary N) is 1. The number of aromatic nitrogens is 2. The van der Waals surface area contributed by atoms with Crippen molar-refractivity contribution in [3.63, 3.8) is 0 Å². The number of anilines is 1. The summed E-state index contributed by atoms with van der Waals surface area (Å²) in [5.74, 6) is 1.89. The van der Waals surface area contributed by atoms with Crippen LogP contribution in [0.3, 0.4) is 0 Å². The molecule has 0 fully saturated rings. The van der Waals surface area contributed by atoms with Gasteiger partial charge in [-0.3, -0.25) is 4.79 Å². The molecule has 0 spiro atoms. The van der Waals surface area contributed by atoms with Crippen molar-refractivity contribution in [3.8, 4) is 34.4 Å². The number of hydrogen-bond acceptors (Lipinski definition) is 6. The second kappa shape index (κ2) is 10.3. The van der Waals surface area contributed by atoms with Gasteiger partial charge in [0.25, 0.3) is 5.91 Å². The highest BCUT2D eigenvalue weighted by atomic mass is 16.5. The van der Waals surface area contributed by atoms with Crippen LogP contribution >= 0.6 is 0 Å². The summed E-state index contributed by atoms with van der Waals surface area (Å²) >= 11 is 0. The number of methoxy groups -OCH3 is 1. The third-order valence-corrected chi connectivity index (χ3v) is 4.78. The van der Waals surface area contributed by atoms with Crippen LogP contribution in [-0.2, 0) is 0 Å². The fraction of sp³-hybridized carbons (Fsp3) is 0.115. The Labute approximate surface area is 192 Å². The molecule has 4 rings (SSSR count). The van der Waals surface area contributed by atoms with Gasteiger partial charge in [-0.15, -0.1) is 0 Å². The minimum atomic E-state index is -0.247. The summed E-state index contributed by atoms with van der Waals surface area (Å²) in [6.45, 7) is 2.41. The van der Waals surface area contributed by atoms with E-state index in [4.69, 9.17) is 14.2 Å². The number of ether oxygens (including phenoxy) is 3. The molecule has 33 heavy (non-hydrogen) atoms. The van der Waals surface area contributed by atoms with Gasteiger partial charge in [0, 0.05) is 17.2 Å². The van der Waals surface area contributed by atoms with Crippen LogP contribution in [0.25, 0.3) is 11.3 Å². The molecule has 4 aromatic rings. The van der Waals surface area contributed by atoms with E-state index < -0.39 is 0 Å². The molecule has 1 amide bonds. The number of hydrogen-bond donors (Lipinski definition) is 1. The Morgan fingerprint density at radius 2 is 1.64 bits per heavy atom. The topological polar surface area (TPSA) is 82.6 Å². The highest BCUT2D eigenvalue weighted by Gasteiger charge is 2.12. The van der Waals surface area contributed by atoms with Crippen molar-refractivity contribution in [1.82, 2.24) is 9.97 Å². The maximum atomic E-state index is 12.9. The van der Waals surface area contributed by atoms with E-state index in [0.29, 0.717) is 46.7 Å². The van der Waals surface area contributed by atoms with Gasteiger partial charge in [-0.1, -0.05) is 36.4 Å². The summed E-state index contributed by atoms with van der Waals surface area (Å²) in [5.41, 5.74) is 2.49. The lowest BCUT2D eigenvalue weighted by atomic mass is 10.1. The summed E-state index contributed by atoms with van der Waals surface area (Å²) < 4.78 is 16.8. The maximum absolute atomic E-state index is 12.9. The number of amides is 1. The minimum absolute atomic E-state index is 0.247. The molecular formula is C26H23N3O4. The summed E-state index contributed by atoms with van der Waals surface area (Å²) in [5, 5.41) is 2.91. The van der Waals surface area contributed by atoms with Crippen molar-refractivity contribution in [3.05, 3.63) is 90.8 Å². The maximum Gasteiger partial charge on any atom is 0.255 e. The van der Waals surface area contributed by atoms with Gasteiger partial charge >= 0.3 is 0 Å². The van der Waals surface area contributed by atoms with Crippen LogP contribution in [0.1, 0.15) is 17.3 Å². The number of carbonyl (C=O) groups excluding carboxylic acids is 1. The van der Waals surface area contributed by atoms with E-state index in [1.807, 2.05) is 55.5 Å². The van der Waals surface area contributed by atoms with E-state index in [0.717, 1.165) is 5.56 Å². The number of benzene rings is 3. The Hall–Kier alpha value is -4.39. The van der Waals surface area contributed by atoms with Gasteiger partial charge < -0.3 is 19.5 Å². The molecular weight excluding hydrogens is 418 g/mol. The molecule has 0 radical (unpaired) electrons. The monoisotopic (exact) mass is 441 g/mol. The molecule has 3 aromatic carbocycles. The first-order chi connectivity index (χ1) is 16.2. The number of carbonyl (C=O) groups is 1. The van der Waals surface area contributed by atoms with E-state index in [2.05, 4.69) is 15.3 Å². The van der Waals surface area contributed by atoms with Crippen molar-refractivity contribution in [2.24, 2.45) is 0 Å². The number of nitrogens with zero attached hydrogens (tertiary/aromatic N) is 2. The SMILES string of the molecule is CCOc1ccccc1NC(=O)c1cccc(-c2cc(Oc3ccccc3OC)ncn2)c1. The van der Waals surface area contributed by atoms with E-state index in [-0.39, 0.29) is 5.91 Å². The standard InChI is InChI=1S/C26H23N3O4/c1-3-32-22-12-5-4-11-20(22)29-26(30)19-10-8-9-18(15-19)21-16-25(28-17-27-21)33-24-14-7-6-13-23(24)31-2/h4-17H,3H2,1-2H3,(H,29,30). The van der Waals surface area contributed by atoms with Gasteiger partial charge in [0.05, 0.1) is 25.1 Å². The molecule has 0 unspecified atom stereocenters. The fourth-order valence-electron chi connectivity index (χ4n) is 3.23. The molecule has 1 aromatic heterocycles. The zero-order valence-electron chi connectivity index (χ0n) is 18.3. The number of para-hydroxylation sites is 4. The quantitative estimate of drug-likeness (QED) is 0.383. The Morgan fingerprint density at radius 1 is 0.879 bits per heavy atom. The predicted octanol–water partition coefficient (Wildman–Crippen LogP) is 5.60. The molecule has 166 valence electrons. The Bertz CT molecular complexity index is 1260. The molecule has 7 heteroatoms. The van der Waals surface area contributed by atoms with Gasteiger partial charge in [0.2, 0.25) is 5.88 Å². The van der Waals surface area contributed by atoms with E-state index in [1.165, 1.54) is 6.33 Å². The molecule has 0 saturated heterocycles. The smallest absolute Gasteiger partial charge is 0.255 e. The molecule has 1 N–H and O–H groups in total. The van der Waals surface area contributed by atoms with E-state index in [1.54, 1.807) is 37.4 Å². The molecule has 7 nitrogen and oxygen atoms in total. The summed E-state index contributed by atoms with van der Waals surface area (Å²) in [7, 11) is 1.58. The van der Waals surface area contributed by atoms with Crippen LogP contribution < -0.4 is 19.5 Å². The van der Waals surface area contributed by atoms with E-state index in [9.17, 15) is 4.79 Å². The Morgan fingerprint density at radius 3 is 2.42 bits per heavy atom. The van der Waals surface area contributed by atoms with Crippen LogP contribution in [0.5, 0.6) is 23.1 Å². The van der Waals surface area contributed by atoms with Crippen LogP contribution in [0, 0.1) is 0 Å². The van der Waals surface area contributed by atoms with E-state index >= 15 is 0 Å². The normalized spacial score (nSPS) is 10.4. The molecule has 0 saturated carbocycles. The largest absolute Gasteiger partial charge is 0.493 e. The Balaban J connectivity index is 1.56. The van der Waals surface area contributed by atoms with Crippen LogP contribution in [0.4, 0.5) is 5.69 Å². The second-order valence-electron chi connectivity index (χ2n) is 6.96. The van der Waals surface area contributed by atoms with Crippen molar-refractivity contribution < 1.29 is 19.0 Å². The third-order valence-electron chi connectivity index (χ3n) is 4.78. The first kappa shape index (κ1) is 21.8. The lowest BCUT2D eigenvalue weighted by Gasteiger charge is -2.12. The van der Waals surface area contributed by atoms with Crippen LogP contribution in [0.2, 0.25) is 0 Å². The zero-order chi connectivity index (χ0) is 23.0. The molecule has 0 aliphatic carbocycles. The van der Waals surface area contributed by atoms with Crippen molar-refractivity contribution in [2.45, 2.75) is 6.92 Å². The van der Waals surface area contributed by atoms with Crippen molar-refractivity contribution >= 4 is 11.6 Å². The van der Waals surface area contributed by atoms with Gasteiger partial charge in [-0.05, 0) is 43.3 Å². The van der Waals surface area contributed by atoms with Gasteiger partial charge in [0.1, 0.15) is 12.1 Å². The lowest BCUT2D eigenvalue weighted by Crippen LogP contribution is -2.13. The first-order valence-corrected chi connectivity index (χ1v) is 10.4. The summed E-state index contributed by atoms with van der Waals surface area (Å²) in [4.78, 5) is 21.4. The second-order valence-corrected chi connectivity index (χ2v) is 6.96. The van der Waals surface area contributed by atoms with Crippen LogP contribution in [-0.4, -0.2) is 29.6 Å². The summed E-state index contributed by atoms with van der Waals surface area (Å²) in [6, 6.07) is 23.6. The highest BCUT2D eigenvalue weighted by molar-refractivity contribution is 6.05. The molecule has 0 aliphatic rings. The summed E-state index contributed by atoms with van der Waals surface area (Å²) in [6.07, 6.45) is 1.42. The van der Waals surface area contributed by atoms with Crippen molar-refractivity contribution in [1.29, 1.82) is 0 Å². The van der Waals surface area contributed by atoms with Crippen molar-refractivity contribution in [2.75, 3.05) is 19.0 Å². The first-order valence-electron chi connectivity index (χ1n) is 10.4. The van der Waals surface area contributed by atoms with Gasteiger partial charge in [-0.2, -0.15) is 0 Å². The number of rotatable bonds is 8. The molecule has 1 heterocycles. The van der Waals surface area contributed by atoms with Gasteiger partial charge in [0.15, 0.2) is 11.5 Å². The minimum Gasteiger partial charge on any atom is -0.493 e. The van der Waals surface area contributed by atoms with Gasteiger partial charge in [-0.25, -0.2) is 9.97 Å². The zero-order valence-corrected chi connectivity index (χ0v) is 18.3. The van der Waals surface area contributed by atoms with Crippen LogP contribution in [0.15, 0.2) is 85.2 Å². The molecule has 0 bridgehead atoms. The average molecular weight is 441 g/mol. The fourth-order valence-corrected chi connectivity index (χ4v) is 3.23. The molecule has 0 aliphatic heterocycles. The predicted molar refractivity (Wildman–Crippen MR) is 126 cm³/mol. The Kier molecular flexibility index (Phi) is 6.80. The average Bonchev–Trinajstić information content (AvgIpc) is 2.86. The highest BCUT2D eigenvalue weighted by Crippen LogP contribution is 2.31. The molecule has 0 atom stereocenters.